The predicted molar refractivity (Wildman–Crippen MR) is 112 cm³/mol. The monoisotopic (exact) mass is 366 g/mol. The summed E-state index contributed by atoms with van der Waals surface area (Å²) in [6.45, 7) is 13.2. The van der Waals surface area contributed by atoms with Crippen LogP contribution in [0.25, 0.3) is 0 Å². The van der Waals surface area contributed by atoms with Crippen LogP contribution in [0.5, 0.6) is 0 Å². The average molecular weight is 367 g/mol. The lowest BCUT2D eigenvalue weighted by Gasteiger charge is -2.38. The molecule has 0 aromatic rings. The molecule has 3 atom stereocenters. The molecule has 0 saturated carbocycles. The van der Waals surface area contributed by atoms with Crippen molar-refractivity contribution in [2.75, 3.05) is 30.3 Å². The standard InChI is InChI=1S/C17H38N2S3/c1-6-8-16(4,13-21)19-11-15(3,12-20)9-10-17(5,14-22)18-7-2/h18-22H,6-14H2,1-5H3/t15-,16-,17-/m1/s1. The second-order valence-electron chi connectivity index (χ2n) is 7.54. The van der Waals surface area contributed by atoms with E-state index in [9.17, 15) is 0 Å². The van der Waals surface area contributed by atoms with Crippen LogP contribution in [0.3, 0.4) is 0 Å². The van der Waals surface area contributed by atoms with E-state index in [1.165, 1.54) is 6.42 Å². The van der Waals surface area contributed by atoms with Gasteiger partial charge in [-0.2, -0.15) is 37.9 Å². The highest BCUT2D eigenvalue weighted by molar-refractivity contribution is 7.80. The highest BCUT2D eigenvalue weighted by Gasteiger charge is 2.31. The van der Waals surface area contributed by atoms with Gasteiger partial charge in [-0.1, -0.05) is 27.2 Å². The molecule has 134 valence electrons. The second-order valence-corrected chi connectivity index (χ2v) is 8.49. The first-order valence-electron chi connectivity index (χ1n) is 8.54. The van der Waals surface area contributed by atoms with Crippen LogP contribution in [-0.2, 0) is 0 Å². The summed E-state index contributed by atoms with van der Waals surface area (Å²) in [6.07, 6.45) is 4.60. The molecule has 0 heterocycles. The van der Waals surface area contributed by atoms with Gasteiger partial charge in [0.15, 0.2) is 0 Å². The third kappa shape index (κ3) is 8.18. The number of thiol groups is 3. The van der Waals surface area contributed by atoms with Crippen LogP contribution in [0.1, 0.15) is 60.3 Å². The van der Waals surface area contributed by atoms with Crippen LogP contribution in [0.15, 0.2) is 0 Å². The molecule has 0 rings (SSSR count). The molecule has 2 nitrogen and oxygen atoms in total. The summed E-state index contributed by atoms with van der Waals surface area (Å²) in [5.41, 5.74) is 0.426. The Morgan fingerprint density at radius 2 is 1.27 bits per heavy atom. The molecule has 0 bridgehead atoms. The minimum atomic E-state index is 0.109. The molecular formula is C17H38N2S3. The van der Waals surface area contributed by atoms with Gasteiger partial charge in [0.2, 0.25) is 0 Å². The SMILES string of the molecule is CCC[C@](C)(CS)NC[C@](C)(CS)CC[C@](C)(CS)NCC. The van der Waals surface area contributed by atoms with Crippen LogP contribution in [0.2, 0.25) is 0 Å². The Hall–Kier alpha value is 0.970. The second kappa shape index (κ2) is 10.8. The van der Waals surface area contributed by atoms with E-state index < -0.39 is 0 Å². The number of nitrogens with one attached hydrogen (secondary N) is 2. The third-order valence-electron chi connectivity index (χ3n) is 4.71. The lowest BCUT2D eigenvalue weighted by atomic mass is 9.81. The third-order valence-corrected chi connectivity index (χ3v) is 6.87. The average Bonchev–Trinajstić information content (AvgIpc) is 2.52. The first-order chi connectivity index (χ1) is 10.2. The Balaban J connectivity index is 4.63. The molecule has 0 aliphatic rings. The normalized spacial score (nSPS) is 20.2. The molecule has 0 aliphatic heterocycles. The van der Waals surface area contributed by atoms with E-state index in [-0.39, 0.29) is 16.5 Å². The fourth-order valence-corrected chi connectivity index (χ4v) is 3.46. The Bertz CT molecular complexity index is 278. The zero-order chi connectivity index (χ0) is 17.3. The van der Waals surface area contributed by atoms with Crippen molar-refractivity contribution < 1.29 is 0 Å². The van der Waals surface area contributed by atoms with Crippen molar-refractivity contribution in [2.24, 2.45) is 5.41 Å². The topological polar surface area (TPSA) is 24.1 Å². The molecule has 0 aromatic carbocycles. The highest BCUT2D eigenvalue weighted by atomic mass is 32.1. The summed E-state index contributed by atoms with van der Waals surface area (Å²) in [5, 5.41) is 7.33. The molecule has 0 unspecified atom stereocenters. The minimum absolute atomic E-state index is 0.109. The maximum absolute atomic E-state index is 4.62. The summed E-state index contributed by atoms with van der Waals surface area (Å²) in [7, 11) is 0. The first-order valence-corrected chi connectivity index (χ1v) is 10.4. The molecular weight excluding hydrogens is 328 g/mol. The van der Waals surface area contributed by atoms with Crippen molar-refractivity contribution in [3.8, 4) is 0 Å². The molecule has 0 spiro atoms. The van der Waals surface area contributed by atoms with Gasteiger partial charge in [-0.25, -0.2) is 0 Å². The Kier molecular flexibility index (Phi) is 11.2. The van der Waals surface area contributed by atoms with Gasteiger partial charge in [0.25, 0.3) is 0 Å². The highest BCUT2D eigenvalue weighted by Crippen LogP contribution is 2.29. The Morgan fingerprint density at radius 1 is 0.727 bits per heavy atom. The zero-order valence-corrected chi connectivity index (χ0v) is 17.9. The summed E-state index contributed by atoms with van der Waals surface area (Å²) < 4.78 is 0. The van der Waals surface area contributed by atoms with Gasteiger partial charge in [0, 0.05) is 29.1 Å². The molecule has 5 heteroatoms. The predicted octanol–water partition coefficient (Wildman–Crippen LogP) is 4.08. The summed E-state index contributed by atoms with van der Waals surface area (Å²) in [6, 6.07) is 0. The van der Waals surface area contributed by atoms with Gasteiger partial charge >= 0.3 is 0 Å². The Morgan fingerprint density at radius 3 is 1.68 bits per heavy atom. The van der Waals surface area contributed by atoms with Gasteiger partial charge in [0.05, 0.1) is 0 Å². The summed E-state index contributed by atoms with van der Waals surface area (Å²) >= 11 is 13.7. The van der Waals surface area contributed by atoms with Crippen LogP contribution in [0.4, 0.5) is 0 Å². The van der Waals surface area contributed by atoms with E-state index in [2.05, 4.69) is 83.1 Å². The van der Waals surface area contributed by atoms with Crippen LogP contribution in [-0.4, -0.2) is 41.4 Å². The fraction of sp³-hybridized carbons (Fsp3) is 1.00. The molecule has 0 radical (unpaired) electrons. The number of hydrogen-bond acceptors (Lipinski definition) is 5. The number of rotatable bonds is 13. The van der Waals surface area contributed by atoms with Gasteiger partial charge in [-0.3, -0.25) is 0 Å². The van der Waals surface area contributed by atoms with Crippen LogP contribution in [0, 0.1) is 5.41 Å². The van der Waals surface area contributed by atoms with Crippen LogP contribution >= 0.6 is 37.9 Å². The van der Waals surface area contributed by atoms with Crippen LogP contribution < -0.4 is 10.6 Å². The fourth-order valence-electron chi connectivity index (χ4n) is 2.65. The van der Waals surface area contributed by atoms with Crippen molar-refractivity contribution in [3.63, 3.8) is 0 Å². The van der Waals surface area contributed by atoms with Crippen molar-refractivity contribution in [2.45, 2.75) is 71.4 Å². The van der Waals surface area contributed by atoms with E-state index >= 15 is 0 Å². The lowest BCUT2D eigenvalue weighted by Crippen LogP contribution is -2.50. The number of hydrogen-bond donors (Lipinski definition) is 5. The van der Waals surface area contributed by atoms with E-state index in [1.807, 2.05) is 0 Å². The summed E-state index contributed by atoms with van der Waals surface area (Å²) in [4.78, 5) is 0. The molecule has 0 aromatic heterocycles. The quantitative estimate of drug-likeness (QED) is 0.317. The molecule has 0 amide bonds. The molecule has 2 N–H and O–H groups in total. The summed E-state index contributed by atoms with van der Waals surface area (Å²) in [5.74, 6) is 2.62. The Labute approximate surface area is 155 Å². The van der Waals surface area contributed by atoms with Gasteiger partial charge < -0.3 is 10.6 Å². The molecule has 0 saturated heterocycles. The minimum Gasteiger partial charge on any atom is -0.311 e. The zero-order valence-electron chi connectivity index (χ0n) is 15.2. The van der Waals surface area contributed by atoms with Gasteiger partial charge in [-0.05, 0) is 50.8 Å². The van der Waals surface area contributed by atoms with E-state index in [1.54, 1.807) is 0 Å². The van der Waals surface area contributed by atoms with Crippen molar-refractivity contribution in [3.05, 3.63) is 0 Å². The van der Waals surface area contributed by atoms with E-state index in [0.717, 1.165) is 49.6 Å². The largest absolute Gasteiger partial charge is 0.311 e. The van der Waals surface area contributed by atoms with E-state index in [4.69, 9.17) is 0 Å². The maximum Gasteiger partial charge on any atom is 0.0241 e. The molecule has 0 fully saturated rings. The lowest BCUT2D eigenvalue weighted by molar-refractivity contribution is 0.232. The molecule has 0 aliphatic carbocycles. The molecule has 22 heavy (non-hydrogen) atoms. The van der Waals surface area contributed by atoms with Gasteiger partial charge in [0.1, 0.15) is 0 Å². The van der Waals surface area contributed by atoms with Gasteiger partial charge in [-0.15, -0.1) is 0 Å². The van der Waals surface area contributed by atoms with Crippen molar-refractivity contribution in [1.82, 2.24) is 10.6 Å². The van der Waals surface area contributed by atoms with E-state index in [0.29, 0.717) is 0 Å². The maximum atomic E-state index is 4.62. The first kappa shape index (κ1) is 23.0. The van der Waals surface area contributed by atoms with Crippen molar-refractivity contribution >= 4 is 37.9 Å². The smallest absolute Gasteiger partial charge is 0.0241 e. The van der Waals surface area contributed by atoms with Crippen molar-refractivity contribution in [1.29, 1.82) is 0 Å².